The van der Waals surface area contributed by atoms with Gasteiger partial charge in [-0.2, -0.15) is 9.61 Å². The summed E-state index contributed by atoms with van der Waals surface area (Å²) in [5.74, 6) is 0. The minimum absolute atomic E-state index is 0.468. The number of hydrogen-bond acceptors (Lipinski definition) is 5. The van der Waals surface area contributed by atoms with Crippen LogP contribution in [0.15, 0.2) is 22.3 Å². The molecule has 0 bridgehead atoms. The van der Waals surface area contributed by atoms with E-state index in [2.05, 4.69) is 40.6 Å². The van der Waals surface area contributed by atoms with E-state index in [4.69, 9.17) is 0 Å². The van der Waals surface area contributed by atoms with Crippen LogP contribution in [0.4, 0.5) is 0 Å². The lowest BCUT2D eigenvalue weighted by Gasteiger charge is -1.92. The fraction of sp³-hybridized carbons (Fsp3) is 0. The van der Waals surface area contributed by atoms with Crippen LogP contribution in [-0.4, -0.2) is 19.8 Å². The Labute approximate surface area is 73.5 Å². The van der Waals surface area contributed by atoms with Crippen LogP contribution in [-0.2, 0) is 0 Å². The molecule has 0 amide bonds. The van der Waals surface area contributed by atoms with Crippen LogP contribution in [0.1, 0.15) is 0 Å². The Hall–Kier alpha value is -0.750. The second-order valence-corrected chi connectivity index (χ2v) is 2.82. The summed E-state index contributed by atoms with van der Waals surface area (Å²) in [5.41, 5.74) is 0.674. The zero-order valence-electron chi connectivity index (χ0n) is 5.34. The van der Waals surface area contributed by atoms with E-state index in [9.17, 15) is 0 Å². The molecule has 0 spiro atoms. The molecule has 2 rings (SSSR count). The van der Waals surface area contributed by atoms with E-state index in [0.717, 1.165) is 0 Å². The SMILES string of the molecule is Sc1ccc2nnc(S)n2n1. The van der Waals surface area contributed by atoms with Gasteiger partial charge in [0.05, 0.1) is 0 Å². The summed E-state index contributed by atoms with van der Waals surface area (Å²) in [6.07, 6.45) is 0. The Kier molecular flexibility index (Phi) is 1.50. The summed E-state index contributed by atoms with van der Waals surface area (Å²) >= 11 is 8.10. The molecule has 56 valence electrons. The van der Waals surface area contributed by atoms with Gasteiger partial charge < -0.3 is 0 Å². The summed E-state index contributed by atoms with van der Waals surface area (Å²) in [6, 6.07) is 3.53. The monoisotopic (exact) mass is 184 g/mol. The molecule has 2 aromatic heterocycles. The first-order chi connectivity index (χ1) is 5.27. The van der Waals surface area contributed by atoms with Crippen LogP contribution in [0.3, 0.4) is 0 Å². The Balaban J connectivity index is 2.87. The highest BCUT2D eigenvalue weighted by Crippen LogP contribution is 2.07. The lowest BCUT2D eigenvalue weighted by molar-refractivity contribution is 0.770. The number of fused-ring (bicyclic) bond motifs is 1. The third-order valence-corrected chi connectivity index (χ3v) is 1.75. The van der Waals surface area contributed by atoms with Crippen LogP contribution in [0.5, 0.6) is 0 Å². The molecule has 2 heterocycles. The maximum absolute atomic E-state index is 4.06. The molecule has 0 unspecified atom stereocenters. The highest BCUT2D eigenvalue weighted by Gasteiger charge is 2.00. The van der Waals surface area contributed by atoms with E-state index in [1.54, 1.807) is 12.1 Å². The fourth-order valence-electron chi connectivity index (χ4n) is 0.768. The van der Waals surface area contributed by atoms with Gasteiger partial charge in [-0.15, -0.1) is 35.5 Å². The van der Waals surface area contributed by atoms with Gasteiger partial charge in [0.15, 0.2) is 5.65 Å². The Morgan fingerprint density at radius 3 is 2.82 bits per heavy atom. The summed E-state index contributed by atoms with van der Waals surface area (Å²) in [6.45, 7) is 0. The normalized spacial score (nSPS) is 10.7. The lowest BCUT2D eigenvalue weighted by atomic mass is 10.6. The van der Waals surface area contributed by atoms with Crippen LogP contribution < -0.4 is 0 Å². The van der Waals surface area contributed by atoms with Gasteiger partial charge in [0.2, 0.25) is 5.16 Å². The molecule has 11 heavy (non-hydrogen) atoms. The van der Waals surface area contributed by atoms with E-state index in [1.807, 2.05) is 0 Å². The van der Waals surface area contributed by atoms with Crippen molar-refractivity contribution < 1.29 is 0 Å². The average molecular weight is 184 g/mol. The van der Waals surface area contributed by atoms with Crippen molar-refractivity contribution in [2.45, 2.75) is 10.2 Å². The van der Waals surface area contributed by atoms with Crippen molar-refractivity contribution in [1.82, 2.24) is 19.8 Å². The van der Waals surface area contributed by atoms with E-state index in [0.29, 0.717) is 15.8 Å². The highest BCUT2D eigenvalue weighted by molar-refractivity contribution is 7.80. The zero-order valence-corrected chi connectivity index (χ0v) is 7.13. The minimum atomic E-state index is 0.468. The molecule has 0 radical (unpaired) electrons. The van der Waals surface area contributed by atoms with E-state index in [-0.39, 0.29) is 0 Å². The Morgan fingerprint density at radius 2 is 2.00 bits per heavy atom. The molecule has 6 heteroatoms. The van der Waals surface area contributed by atoms with Crippen molar-refractivity contribution in [1.29, 1.82) is 0 Å². The van der Waals surface area contributed by atoms with E-state index >= 15 is 0 Å². The van der Waals surface area contributed by atoms with Gasteiger partial charge in [0.1, 0.15) is 5.03 Å². The minimum Gasteiger partial charge on any atom is -0.187 e. The molecule has 0 aliphatic carbocycles. The van der Waals surface area contributed by atoms with Crippen molar-refractivity contribution in [3.05, 3.63) is 12.1 Å². The molecular weight excluding hydrogens is 180 g/mol. The van der Waals surface area contributed by atoms with Gasteiger partial charge in [-0.3, -0.25) is 0 Å². The Morgan fingerprint density at radius 1 is 1.18 bits per heavy atom. The lowest BCUT2D eigenvalue weighted by Crippen LogP contribution is -1.91. The third kappa shape index (κ3) is 1.08. The fourth-order valence-corrected chi connectivity index (χ4v) is 1.12. The quantitative estimate of drug-likeness (QED) is 0.592. The van der Waals surface area contributed by atoms with Crippen LogP contribution >= 0.6 is 25.3 Å². The topological polar surface area (TPSA) is 43.1 Å². The molecule has 4 nitrogen and oxygen atoms in total. The highest BCUT2D eigenvalue weighted by atomic mass is 32.1. The second kappa shape index (κ2) is 2.38. The molecule has 0 fully saturated rings. The van der Waals surface area contributed by atoms with Gasteiger partial charge in [0, 0.05) is 0 Å². The van der Waals surface area contributed by atoms with Gasteiger partial charge in [-0.05, 0) is 12.1 Å². The molecule has 0 aliphatic heterocycles. The number of nitrogens with zero attached hydrogens (tertiary/aromatic N) is 4. The average Bonchev–Trinajstić information content (AvgIpc) is 2.33. The summed E-state index contributed by atoms with van der Waals surface area (Å²) in [7, 11) is 0. The van der Waals surface area contributed by atoms with Crippen LogP contribution in [0.25, 0.3) is 5.65 Å². The van der Waals surface area contributed by atoms with Crippen LogP contribution in [0, 0.1) is 0 Å². The standard InChI is InChI=1S/C5H4N4S2/c10-4-2-1-3-6-7-5(11)9(3)8-4/h1-2H,(H,7,11)(H,8,10). The third-order valence-electron chi connectivity index (χ3n) is 1.23. The number of thiol groups is 2. The largest absolute Gasteiger partial charge is 0.209 e. The van der Waals surface area contributed by atoms with Crippen molar-refractivity contribution in [3.8, 4) is 0 Å². The summed E-state index contributed by atoms with van der Waals surface area (Å²) in [4.78, 5) is 0. The van der Waals surface area contributed by atoms with Crippen molar-refractivity contribution in [3.63, 3.8) is 0 Å². The predicted molar refractivity (Wildman–Crippen MR) is 45.3 cm³/mol. The number of rotatable bonds is 0. The Bertz CT molecular complexity index is 396. The molecule has 0 saturated heterocycles. The summed E-state index contributed by atoms with van der Waals surface area (Å²) < 4.78 is 1.52. The van der Waals surface area contributed by atoms with Gasteiger partial charge in [0.25, 0.3) is 0 Å². The van der Waals surface area contributed by atoms with Crippen molar-refractivity contribution in [2.75, 3.05) is 0 Å². The zero-order chi connectivity index (χ0) is 7.84. The first-order valence-corrected chi connectivity index (χ1v) is 3.77. The van der Waals surface area contributed by atoms with Gasteiger partial charge >= 0.3 is 0 Å². The predicted octanol–water partition coefficient (Wildman–Crippen LogP) is 0.702. The van der Waals surface area contributed by atoms with Gasteiger partial charge in [-0.1, -0.05) is 0 Å². The van der Waals surface area contributed by atoms with E-state index < -0.39 is 0 Å². The molecule has 0 saturated carbocycles. The second-order valence-electron chi connectivity index (χ2n) is 1.96. The van der Waals surface area contributed by atoms with Crippen molar-refractivity contribution >= 4 is 30.9 Å². The van der Waals surface area contributed by atoms with Crippen molar-refractivity contribution in [2.24, 2.45) is 0 Å². The number of hydrogen-bond donors (Lipinski definition) is 2. The van der Waals surface area contributed by atoms with E-state index in [1.165, 1.54) is 4.52 Å². The summed E-state index contributed by atoms with van der Waals surface area (Å²) in [5, 5.41) is 12.6. The maximum Gasteiger partial charge on any atom is 0.209 e. The maximum atomic E-state index is 4.06. The molecular formula is C5H4N4S2. The first-order valence-electron chi connectivity index (χ1n) is 2.88. The molecule has 0 aromatic carbocycles. The molecule has 2 aromatic rings. The molecule has 0 atom stereocenters. The molecule has 0 aliphatic rings. The number of aromatic nitrogens is 4. The first kappa shape index (κ1) is 6.93. The van der Waals surface area contributed by atoms with Crippen LogP contribution in [0.2, 0.25) is 0 Å². The van der Waals surface area contributed by atoms with Gasteiger partial charge in [-0.25, -0.2) is 0 Å². The smallest absolute Gasteiger partial charge is 0.187 e. The molecule has 0 N–H and O–H groups in total.